The van der Waals surface area contributed by atoms with Gasteiger partial charge < -0.3 is 115 Å². The van der Waals surface area contributed by atoms with Crippen LogP contribution in [-0.2, 0) is 107 Å². The number of hydrogen-bond donors (Lipinski definition) is 18. The highest BCUT2D eigenvalue weighted by Gasteiger charge is 2.44. The molecule has 0 saturated carbocycles. The van der Waals surface area contributed by atoms with Crippen LogP contribution in [0.3, 0.4) is 0 Å². The number of unbranched alkanes of at least 4 members (excludes halogenated alkanes) is 2. The van der Waals surface area contributed by atoms with Gasteiger partial charge in [0.25, 0.3) is 0 Å². The van der Waals surface area contributed by atoms with Crippen LogP contribution >= 0.6 is 11.8 Å². The number of thioether (sulfide) groups is 1. The molecule has 4 aromatic carbocycles. The summed E-state index contributed by atoms with van der Waals surface area (Å²) >= 11 is 0.796. The van der Waals surface area contributed by atoms with Crippen molar-refractivity contribution in [1.82, 2.24) is 97.9 Å². The number of aromatic nitrogens is 3. The molecule has 2 aromatic heterocycles. The van der Waals surface area contributed by atoms with Crippen LogP contribution in [0.5, 0.6) is 0 Å². The number of nitrogens with one attached hydrogen (secondary N) is 14. The highest BCUT2D eigenvalue weighted by Crippen LogP contribution is 2.27. The number of primary amides is 2. The smallest absolute Gasteiger partial charge is 0.246 e. The molecule has 8 rings (SSSR count). The molecule has 0 aliphatic carbocycles. The van der Waals surface area contributed by atoms with E-state index in [0.717, 1.165) is 53.0 Å². The normalized spacial score (nSPS) is 23.1. The average Bonchev–Trinajstić information content (AvgIpc) is 1.49. The van der Waals surface area contributed by atoms with Crippen molar-refractivity contribution in [1.29, 1.82) is 5.41 Å². The SMILES string of the molecule is CCCC[C@H]1C(=O)N(C)[C@@H](CCCC)C(=O)NC(CCCNC(=N)N)C(=O)N[C@H](C(=O)NCC(N)=O)CSCC(=O)N[C@@H](Cc2ccccc2)C(=O)N(C)[C@@H](C)C(=O)N[C@@H](CC(N)=O)C(=O)N2CCCC2C(=O)N[C@@H](Cc2cnc[nH]2)C(=O)N[C@@H](CC(C)C)C(=O)N(C)CC(=O)N[C@@H](Cc2c[nH]c3ccccc23)C(=O)N[C@@H](CO)C(=O)N[C@@H](Cc2ccc(-c3ccccc3C)cc2)C(=O)N1C. The molecule has 2 aliphatic rings. The second-order valence-corrected chi connectivity index (χ2v) is 35.8. The second kappa shape index (κ2) is 52.7. The van der Waals surface area contributed by atoms with Gasteiger partial charge in [0, 0.05) is 102 Å². The summed E-state index contributed by atoms with van der Waals surface area (Å²) in [6.45, 7) is 7.88. The number of likely N-dealkylation sites (N-methyl/N-ethyl adjacent to an activating group) is 4. The van der Waals surface area contributed by atoms with E-state index in [1.807, 2.05) is 57.2 Å². The van der Waals surface area contributed by atoms with Crippen LogP contribution in [0.15, 0.2) is 122 Å². The van der Waals surface area contributed by atoms with E-state index in [-0.39, 0.29) is 89.6 Å². The molecule has 0 bridgehead atoms. The van der Waals surface area contributed by atoms with Crippen molar-refractivity contribution in [3.05, 3.63) is 150 Å². The lowest BCUT2D eigenvalue weighted by Gasteiger charge is -2.36. The number of hydrogen-bond acceptors (Lipinski definition) is 21. The van der Waals surface area contributed by atoms with Crippen LogP contribution < -0.4 is 75.7 Å². The van der Waals surface area contributed by atoms with Crippen LogP contribution in [0.2, 0.25) is 0 Å². The Hall–Kier alpha value is -13.8. The number of guanidine groups is 1. The number of nitrogens with zero attached hydrogens (tertiary/aromatic N) is 6. The number of aryl methyl sites for hydroxylation is 1. The number of carbonyl (C=O) groups excluding carboxylic acids is 17. The molecular weight excluding hydrogens is 1770 g/mol. The number of benzene rings is 4. The Kier molecular flexibility index (Phi) is 41.7. The number of carbonyl (C=O) groups is 17. The molecule has 41 nitrogen and oxygen atoms in total. The zero-order chi connectivity index (χ0) is 99.6. The third-order valence-corrected chi connectivity index (χ3v) is 24.9. The van der Waals surface area contributed by atoms with Gasteiger partial charge in [-0.1, -0.05) is 150 Å². The molecule has 2 fully saturated rings. The van der Waals surface area contributed by atoms with Crippen molar-refractivity contribution in [3.63, 3.8) is 0 Å². The molecule has 21 N–H and O–H groups in total. The zero-order valence-electron chi connectivity index (χ0n) is 78.6. The Morgan fingerprint density at radius 2 is 1.12 bits per heavy atom. The average molecular weight is 1900 g/mol. The minimum Gasteiger partial charge on any atom is -0.394 e. The Balaban J connectivity index is 1.19. The van der Waals surface area contributed by atoms with Gasteiger partial charge in [-0.2, -0.15) is 0 Å². The third kappa shape index (κ3) is 31.7. The van der Waals surface area contributed by atoms with Gasteiger partial charge in [-0.05, 0) is 104 Å². The van der Waals surface area contributed by atoms with E-state index in [9.17, 15) is 62.6 Å². The summed E-state index contributed by atoms with van der Waals surface area (Å²) in [6.07, 6.45) is 4.36. The van der Waals surface area contributed by atoms with Crippen LogP contribution in [0.25, 0.3) is 22.0 Å². The van der Waals surface area contributed by atoms with E-state index in [1.54, 1.807) is 86.8 Å². The maximum atomic E-state index is 15.8. The lowest BCUT2D eigenvalue weighted by Crippen LogP contribution is -2.61. The summed E-state index contributed by atoms with van der Waals surface area (Å²) in [4.78, 5) is 265. The van der Waals surface area contributed by atoms with E-state index in [1.165, 1.54) is 47.6 Å². The van der Waals surface area contributed by atoms with Crippen molar-refractivity contribution in [2.75, 3.05) is 72.5 Å². The number of amides is 17. The number of fused-ring (bicyclic) bond motifs is 2. The molecule has 2 unspecified atom stereocenters. The number of rotatable bonds is 27. The highest BCUT2D eigenvalue weighted by atomic mass is 32.2. The van der Waals surface area contributed by atoms with Crippen LogP contribution in [0.1, 0.15) is 140 Å². The molecule has 13 atom stereocenters. The van der Waals surface area contributed by atoms with Crippen molar-refractivity contribution in [3.8, 4) is 11.1 Å². The van der Waals surface area contributed by atoms with Crippen LogP contribution in [0.4, 0.5) is 0 Å². The molecule has 0 radical (unpaired) electrons. The number of aliphatic hydroxyl groups is 1. The first-order valence-electron chi connectivity index (χ1n) is 45.7. The molecule has 17 amide bonds. The zero-order valence-corrected chi connectivity index (χ0v) is 79.4. The highest BCUT2D eigenvalue weighted by molar-refractivity contribution is 8.00. The number of aliphatic hydroxyl groups excluding tert-OH is 1. The van der Waals surface area contributed by atoms with Gasteiger partial charge in [-0.15, -0.1) is 11.8 Å². The molecule has 136 heavy (non-hydrogen) atoms. The fraction of sp³-hybridized carbons (Fsp3) is 0.500. The number of H-pyrrole nitrogens is 2. The molecule has 2 saturated heterocycles. The summed E-state index contributed by atoms with van der Waals surface area (Å²) in [7, 11) is 5.26. The lowest BCUT2D eigenvalue weighted by atomic mass is 9.97. The quantitative estimate of drug-likeness (QED) is 0.0173. The van der Waals surface area contributed by atoms with Gasteiger partial charge in [-0.25, -0.2) is 4.98 Å². The lowest BCUT2D eigenvalue weighted by molar-refractivity contribution is -0.149. The molecule has 0 spiro atoms. The molecule has 42 heteroatoms. The molecule has 6 aromatic rings. The van der Waals surface area contributed by atoms with Crippen molar-refractivity contribution < 1.29 is 86.6 Å². The summed E-state index contributed by atoms with van der Waals surface area (Å²) in [5.74, 6) is -17.1. The van der Waals surface area contributed by atoms with Gasteiger partial charge in [0.1, 0.15) is 78.5 Å². The second-order valence-electron chi connectivity index (χ2n) is 34.8. The third-order valence-electron chi connectivity index (χ3n) is 23.9. The van der Waals surface area contributed by atoms with Gasteiger partial charge >= 0.3 is 0 Å². The van der Waals surface area contributed by atoms with Crippen LogP contribution in [-0.4, -0.2) is 302 Å². The summed E-state index contributed by atoms with van der Waals surface area (Å²) < 4.78 is 0. The summed E-state index contributed by atoms with van der Waals surface area (Å²) in [6, 6.07) is 10.6. The van der Waals surface area contributed by atoms with Crippen molar-refractivity contribution in [2.24, 2.45) is 23.1 Å². The van der Waals surface area contributed by atoms with E-state index in [2.05, 4.69) is 73.4 Å². The Morgan fingerprint density at radius 3 is 1.76 bits per heavy atom. The van der Waals surface area contributed by atoms with Gasteiger partial charge in [0.2, 0.25) is 100 Å². The maximum absolute atomic E-state index is 15.8. The van der Waals surface area contributed by atoms with E-state index in [4.69, 9.17) is 22.6 Å². The molecular formula is C94H131N23O18S. The first-order chi connectivity index (χ1) is 64.8. The molecule has 2 aliphatic heterocycles. The van der Waals surface area contributed by atoms with E-state index in [0.29, 0.717) is 59.0 Å². The molecule has 4 heterocycles. The van der Waals surface area contributed by atoms with E-state index >= 15 is 24.0 Å². The van der Waals surface area contributed by atoms with Crippen molar-refractivity contribution >= 4 is 129 Å². The fourth-order valence-corrected chi connectivity index (χ4v) is 17.1. The predicted molar refractivity (Wildman–Crippen MR) is 508 cm³/mol. The van der Waals surface area contributed by atoms with Crippen molar-refractivity contribution in [2.45, 2.75) is 223 Å². The van der Waals surface area contributed by atoms with E-state index < -0.39 is 223 Å². The van der Waals surface area contributed by atoms with Gasteiger partial charge in [-0.3, -0.25) is 86.9 Å². The monoisotopic (exact) mass is 1900 g/mol. The van der Waals surface area contributed by atoms with Gasteiger partial charge in [0.05, 0.1) is 38.2 Å². The topological polar surface area (TPSA) is 605 Å². The predicted octanol–water partition coefficient (Wildman–Crippen LogP) is -0.644. The minimum absolute atomic E-state index is 0.000154. The number of para-hydroxylation sites is 1. The first kappa shape index (κ1) is 108. The van der Waals surface area contributed by atoms with Gasteiger partial charge in [0.15, 0.2) is 5.96 Å². The number of nitrogens with two attached hydrogens (primary N) is 3. The Labute approximate surface area is 794 Å². The van der Waals surface area contributed by atoms with Crippen LogP contribution in [0, 0.1) is 18.3 Å². The number of imidazole rings is 1. The fourth-order valence-electron chi connectivity index (χ4n) is 16.2. The Morgan fingerprint density at radius 1 is 0.551 bits per heavy atom. The maximum Gasteiger partial charge on any atom is 0.246 e. The number of aromatic amines is 2. The first-order valence-corrected chi connectivity index (χ1v) is 46.9. The minimum atomic E-state index is -1.85. The standard InChI is InChI=1S/C94H131N23O18S/c1-11-13-31-74-87(129)106-65(30-22-38-100-94(97)98)83(125)112-73(82(124)102-48-78(96)120)51-136-52-80(122)105-69(41-57-25-16-15-17-26-57)90(132)114(8)56(6)81(123)108-71(45-77(95)119)92(134)117-39-23-33-75(117)88(130)107-67(44-61-47-99-53-103-61)85(127)109-68(40-54(3)4)89(131)113(7)49-79(121)104-66(43-60-46-101-64-29-21-20-28-63(60)64)84(126)111-72(50-118)86(128)110-70(91(133)116(10)76(32-14-12-2)93(135)115(74)9)42-58-34-36-59(37-35-58)62-27-19-18-24-55(62)5/h15-21,24-29,34-37,46-47,53-54,56,65-76,101,118H,11-14,22-23,30-33,38-45,48-52H2,1-10H3,(H2,95,119)(H2,96,120)(H,99,103)(H,102,124)(H,104,121)(H,105,122)(H,106,129)(H,107,130)(H,108,123)(H,109,127)(H,110,128)(H,111,126)(H,112,125)(H4,97,98,100)/t56-,65?,66-,67-,68-,69-,70-,71-,72-,73-,74-,75?,76-/m0/s1. The summed E-state index contributed by atoms with van der Waals surface area (Å²) in [5, 5.41) is 48.9. The summed E-state index contributed by atoms with van der Waals surface area (Å²) in [5.41, 5.74) is 22.1. The molecule has 736 valence electrons. The largest absolute Gasteiger partial charge is 0.394 e. The Bertz CT molecular complexity index is 5180.